The number of nitrogens with zero attached hydrogens (tertiary/aromatic N) is 1. The molecule has 1 aromatic carbocycles. The first-order valence-corrected chi connectivity index (χ1v) is 11.3. The summed E-state index contributed by atoms with van der Waals surface area (Å²) in [5, 5.41) is 3.58. The minimum Gasteiger partial charge on any atom is -0.353 e. The standard InChI is InChI=1S/C19H27ClN2O3S/c1-14-17(20)10-5-11-18(14)26(24,25)22-12-6-7-15(13-22)19(23)21-16-8-3-2-4-9-16/h5,10-11,15-16H,2-4,6-9,12-13H2,1H3,(H,21,23). The molecule has 7 heteroatoms. The van der Waals surface area contributed by atoms with Crippen molar-refractivity contribution in [3.05, 3.63) is 28.8 Å². The quantitative estimate of drug-likeness (QED) is 0.844. The molecular formula is C19H27ClN2O3S. The fourth-order valence-corrected chi connectivity index (χ4v) is 5.95. The smallest absolute Gasteiger partial charge is 0.243 e. The molecule has 0 bridgehead atoms. The normalized spacial score (nSPS) is 22.9. The lowest BCUT2D eigenvalue weighted by molar-refractivity contribution is -0.127. The number of nitrogens with one attached hydrogen (secondary N) is 1. The van der Waals surface area contributed by atoms with Crippen LogP contribution in [0, 0.1) is 12.8 Å². The number of amides is 1. The van der Waals surface area contributed by atoms with Gasteiger partial charge in [0.05, 0.1) is 10.8 Å². The molecule has 0 radical (unpaired) electrons. The lowest BCUT2D eigenvalue weighted by Crippen LogP contribution is -2.47. The Bertz CT molecular complexity index is 760. The zero-order valence-electron chi connectivity index (χ0n) is 15.2. The molecule has 1 heterocycles. The van der Waals surface area contributed by atoms with Crippen LogP contribution in [0.3, 0.4) is 0 Å². The van der Waals surface area contributed by atoms with Crippen molar-refractivity contribution in [2.45, 2.75) is 62.8 Å². The van der Waals surface area contributed by atoms with Gasteiger partial charge in [-0.15, -0.1) is 0 Å². The van der Waals surface area contributed by atoms with E-state index in [1.54, 1.807) is 25.1 Å². The molecule has 26 heavy (non-hydrogen) atoms. The van der Waals surface area contributed by atoms with Crippen molar-refractivity contribution >= 4 is 27.5 Å². The van der Waals surface area contributed by atoms with Gasteiger partial charge in [0.1, 0.15) is 0 Å². The Hall–Kier alpha value is -1.11. The van der Waals surface area contributed by atoms with Gasteiger partial charge in [0.2, 0.25) is 15.9 Å². The molecule has 1 aliphatic heterocycles. The van der Waals surface area contributed by atoms with Crippen molar-refractivity contribution in [2.24, 2.45) is 5.92 Å². The Kier molecular flexibility index (Phi) is 6.25. The largest absolute Gasteiger partial charge is 0.353 e. The van der Waals surface area contributed by atoms with Gasteiger partial charge in [-0.05, 0) is 50.3 Å². The molecule has 1 aliphatic carbocycles. The second kappa shape index (κ2) is 8.28. The summed E-state index contributed by atoms with van der Waals surface area (Å²) in [6, 6.07) is 5.17. The van der Waals surface area contributed by atoms with Crippen LogP contribution in [0.4, 0.5) is 0 Å². The van der Waals surface area contributed by atoms with E-state index in [1.807, 2.05) is 0 Å². The van der Waals surface area contributed by atoms with E-state index in [9.17, 15) is 13.2 Å². The molecule has 1 aromatic rings. The number of benzene rings is 1. The van der Waals surface area contributed by atoms with Crippen LogP contribution in [0.5, 0.6) is 0 Å². The third kappa shape index (κ3) is 4.24. The van der Waals surface area contributed by atoms with Crippen molar-refractivity contribution in [3.63, 3.8) is 0 Å². The monoisotopic (exact) mass is 398 g/mol. The molecule has 2 aliphatic rings. The van der Waals surface area contributed by atoms with Gasteiger partial charge in [-0.2, -0.15) is 4.31 Å². The fraction of sp³-hybridized carbons (Fsp3) is 0.632. The van der Waals surface area contributed by atoms with Crippen LogP contribution in [0.25, 0.3) is 0 Å². The SMILES string of the molecule is Cc1c(Cl)cccc1S(=O)(=O)N1CCCC(C(=O)NC2CCCCC2)C1. The molecule has 144 valence electrons. The average Bonchev–Trinajstić information content (AvgIpc) is 2.64. The second-order valence-corrected chi connectivity index (χ2v) is 9.72. The zero-order chi connectivity index (χ0) is 18.7. The molecule has 1 saturated heterocycles. The van der Waals surface area contributed by atoms with Crippen molar-refractivity contribution < 1.29 is 13.2 Å². The molecule has 1 unspecified atom stereocenters. The first-order chi connectivity index (χ1) is 12.4. The van der Waals surface area contributed by atoms with Gasteiger partial charge in [0.25, 0.3) is 0 Å². The summed E-state index contributed by atoms with van der Waals surface area (Å²) in [5.74, 6) is -0.278. The number of rotatable bonds is 4. The molecule has 1 atom stereocenters. The maximum Gasteiger partial charge on any atom is 0.243 e. The molecule has 0 spiro atoms. The Balaban J connectivity index is 1.71. The molecular weight excluding hydrogens is 372 g/mol. The first kappa shape index (κ1) is 19.6. The number of carbonyl (C=O) groups is 1. The Morgan fingerprint density at radius 1 is 1.15 bits per heavy atom. The van der Waals surface area contributed by atoms with Crippen molar-refractivity contribution in [3.8, 4) is 0 Å². The number of hydrogen-bond donors (Lipinski definition) is 1. The van der Waals surface area contributed by atoms with Crippen LogP contribution >= 0.6 is 11.6 Å². The number of halogens is 1. The Morgan fingerprint density at radius 3 is 2.62 bits per heavy atom. The summed E-state index contributed by atoms with van der Waals surface area (Å²) in [6.45, 7) is 2.40. The number of sulfonamides is 1. The predicted octanol–water partition coefficient (Wildman–Crippen LogP) is 3.50. The summed E-state index contributed by atoms with van der Waals surface area (Å²) in [5.41, 5.74) is 0.558. The van der Waals surface area contributed by atoms with E-state index in [0.29, 0.717) is 23.6 Å². The zero-order valence-corrected chi connectivity index (χ0v) is 16.8. The van der Waals surface area contributed by atoms with Gasteiger partial charge in [0.15, 0.2) is 0 Å². The molecule has 2 fully saturated rings. The lowest BCUT2D eigenvalue weighted by Gasteiger charge is -2.33. The molecule has 1 amide bonds. The highest BCUT2D eigenvalue weighted by molar-refractivity contribution is 7.89. The lowest BCUT2D eigenvalue weighted by atomic mass is 9.93. The van der Waals surface area contributed by atoms with Gasteiger partial charge in [-0.25, -0.2) is 8.42 Å². The van der Waals surface area contributed by atoms with E-state index in [-0.39, 0.29) is 29.3 Å². The summed E-state index contributed by atoms with van der Waals surface area (Å²) < 4.78 is 27.6. The summed E-state index contributed by atoms with van der Waals surface area (Å²) in [7, 11) is -3.65. The molecule has 5 nitrogen and oxygen atoms in total. The van der Waals surface area contributed by atoms with E-state index < -0.39 is 10.0 Å². The van der Waals surface area contributed by atoms with Crippen LogP contribution in [-0.4, -0.2) is 37.8 Å². The van der Waals surface area contributed by atoms with Crippen LogP contribution in [0.2, 0.25) is 5.02 Å². The van der Waals surface area contributed by atoms with Crippen LogP contribution in [-0.2, 0) is 14.8 Å². The van der Waals surface area contributed by atoms with E-state index in [1.165, 1.54) is 10.7 Å². The third-order valence-electron chi connectivity index (χ3n) is 5.54. The van der Waals surface area contributed by atoms with Gasteiger partial charge in [-0.1, -0.05) is 36.9 Å². The second-order valence-electron chi connectivity index (χ2n) is 7.41. The van der Waals surface area contributed by atoms with Gasteiger partial charge in [-0.3, -0.25) is 4.79 Å². The van der Waals surface area contributed by atoms with Crippen LogP contribution < -0.4 is 5.32 Å². The fourth-order valence-electron chi connectivity index (χ4n) is 3.95. The van der Waals surface area contributed by atoms with E-state index in [2.05, 4.69) is 5.32 Å². The topological polar surface area (TPSA) is 66.5 Å². The maximum atomic E-state index is 13.1. The number of hydrogen-bond acceptors (Lipinski definition) is 3. The minimum absolute atomic E-state index is 0.000356. The number of carbonyl (C=O) groups excluding carboxylic acids is 1. The van der Waals surface area contributed by atoms with Crippen molar-refractivity contribution in [1.82, 2.24) is 9.62 Å². The van der Waals surface area contributed by atoms with Crippen LogP contribution in [0.1, 0.15) is 50.5 Å². The first-order valence-electron chi connectivity index (χ1n) is 9.45. The maximum absolute atomic E-state index is 13.1. The van der Waals surface area contributed by atoms with Crippen molar-refractivity contribution in [2.75, 3.05) is 13.1 Å². The molecule has 0 aromatic heterocycles. The molecule has 1 N–H and O–H groups in total. The van der Waals surface area contributed by atoms with Crippen molar-refractivity contribution in [1.29, 1.82) is 0 Å². The molecule has 3 rings (SSSR count). The van der Waals surface area contributed by atoms with Gasteiger partial charge < -0.3 is 5.32 Å². The molecule has 1 saturated carbocycles. The Morgan fingerprint density at radius 2 is 1.88 bits per heavy atom. The Labute approximate surface area is 161 Å². The summed E-state index contributed by atoms with van der Waals surface area (Å²) >= 11 is 6.10. The van der Waals surface area contributed by atoms with Gasteiger partial charge in [0, 0.05) is 24.2 Å². The van der Waals surface area contributed by atoms with Gasteiger partial charge >= 0.3 is 0 Å². The van der Waals surface area contributed by atoms with E-state index in [4.69, 9.17) is 11.6 Å². The van der Waals surface area contributed by atoms with E-state index >= 15 is 0 Å². The van der Waals surface area contributed by atoms with Crippen LogP contribution in [0.15, 0.2) is 23.1 Å². The highest BCUT2D eigenvalue weighted by atomic mass is 35.5. The highest BCUT2D eigenvalue weighted by Gasteiger charge is 2.34. The summed E-state index contributed by atoms with van der Waals surface area (Å²) in [6.07, 6.45) is 7.04. The minimum atomic E-state index is -3.65. The number of piperidine rings is 1. The highest BCUT2D eigenvalue weighted by Crippen LogP contribution is 2.29. The average molecular weight is 399 g/mol. The summed E-state index contributed by atoms with van der Waals surface area (Å²) in [4.78, 5) is 12.9. The van der Waals surface area contributed by atoms with E-state index in [0.717, 1.165) is 32.1 Å². The third-order valence-corrected chi connectivity index (χ3v) is 7.96. The predicted molar refractivity (Wildman–Crippen MR) is 103 cm³/mol.